The second kappa shape index (κ2) is 7.14. The summed E-state index contributed by atoms with van der Waals surface area (Å²) in [4.78, 5) is 2.39. The van der Waals surface area contributed by atoms with Crippen LogP contribution in [0.1, 0.15) is 33.1 Å². The van der Waals surface area contributed by atoms with E-state index in [-0.39, 0.29) is 0 Å². The summed E-state index contributed by atoms with van der Waals surface area (Å²) in [6.07, 6.45) is 2.82. The van der Waals surface area contributed by atoms with Crippen molar-refractivity contribution in [1.82, 2.24) is 0 Å². The number of nitrogens with one attached hydrogen (secondary N) is 1. The Morgan fingerprint density at radius 1 is 1.24 bits per heavy atom. The van der Waals surface area contributed by atoms with Crippen LogP contribution in [0.5, 0.6) is 0 Å². The van der Waals surface area contributed by atoms with Crippen LogP contribution in [0.25, 0.3) is 0 Å². The van der Waals surface area contributed by atoms with Crippen molar-refractivity contribution in [1.29, 1.82) is 0 Å². The molecule has 1 aromatic rings. The molecule has 0 aromatic heterocycles. The van der Waals surface area contributed by atoms with Gasteiger partial charge in [-0.25, -0.2) is 0 Å². The van der Waals surface area contributed by atoms with E-state index in [1.165, 1.54) is 5.69 Å². The second-order valence-electron chi connectivity index (χ2n) is 6.62. The lowest BCUT2D eigenvalue weighted by atomic mass is 9.97. The van der Waals surface area contributed by atoms with Crippen LogP contribution in [0.2, 0.25) is 0 Å². The van der Waals surface area contributed by atoms with Gasteiger partial charge in [0.25, 0.3) is 0 Å². The van der Waals surface area contributed by atoms with Crippen molar-refractivity contribution in [3.05, 3.63) is 24.3 Å². The molecule has 4 heteroatoms. The van der Waals surface area contributed by atoms with E-state index in [0.29, 0.717) is 18.9 Å². The fourth-order valence-corrected chi connectivity index (χ4v) is 2.76. The first-order valence-corrected chi connectivity index (χ1v) is 7.91. The molecule has 4 nitrogen and oxygen atoms in total. The number of aliphatic hydroxyl groups is 2. The molecule has 0 aliphatic carbocycles. The first-order chi connectivity index (χ1) is 9.99. The molecule has 0 unspecified atom stereocenters. The van der Waals surface area contributed by atoms with Crippen LogP contribution in [0.15, 0.2) is 24.3 Å². The minimum Gasteiger partial charge on any atom is -0.396 e. The van der Waals surface area contributed by atoms with Gasteiger partial charge in [-0.1, -0.05) is 12.1 Å². The van der Waals surface area contributed by atoms with Crippen molar-refractivity contribution in [3.8, 4) is 0 Å². The molecule has 1 heterocycles. The Morgan fingerprint density at radius 2 is 1.90 bits per heavy atom. The van der Waals surface area contributed by atoms with E-state index >= 15 is 0 Å². The lowest BCUT2D eigenvalue weighted by molar-refractivity contribution is 0.0749. The first-order valence-electron chi connectivity index (χ1n) is 7.91. The number of hydrogen-bond acceptors (Lipinski definition) is 4. The maximum atomic E-state index is 9.80. The summed E-state index contributed by atoms with van der Waals surface area (Å²) in [5.41, 5.74) is 1.72. The molecule has 21 heavy (non-hydrogen) atoms. The standard InChI is InChI=1S/C17H28N2O2/c1-17(2,21)9-10-18-15-5-3-4-6-16(15)19-11-7-14(13-20)8-12-19/h3-6,14,18,20-21H,7-13H2,1-2H3. The number of aliphatic hydroxyl groups excluding tert-OH is 1. The van der Waals surface area contributed by atoms with Gasteiger partial charge in [-0.15, -0.1) is 0 Å². The molecule has 0 saturated carbocycles. The lowest BCUT2D eigenvalue weighted by Gasteiger charge is -2.34. The van der Waals surface area contributed by atoms with Crippen molar-refractivity contribution >= 4 is 11.4 Å². The van der Waals surface area contributed by atoms with Crippen molar-refractivity contribution in [3.63, 3.8) is 0 Å². The number of benzene rings is 1. The molecular weight excluding hydrogens is 264 g/mol. The number of anilines is 2. The highest BCUT2D eigenvalue weighted by atomic mass is 16.3. The van der Waals surface area contributed by atoms with E-state index in [9.17, 15) is 10.2 Å². The van der Waals surface area contributed by atoms with Gasteiger partial charge in [-0.3, -0.25) is 0 Å². The number of piperidine rings is 1. The van der Waals surface area contributed by atoms with Gasteiger partial charge in [0, 0.05) is 26.2 Å². The van der Waals surface area contributed by atoms with Crippen LogP contribution in [-0.2, 0) is 0 Å². The van der Waals surface area contributed by atoms with Crippen LogP contribution in [0.4, 0.5) is 11.4 Å². The smallest absolute Gasteiger partial charge is 0.0608 e. The third-order valence-corrected chi connectivity index (χ3v) is 4.17. The monoisotopic (exact) mass is 292 g/mol. The minimum absolute atomic E-state index is 0.305. The van der Waals surface area contributed by atoms with Gasteiger partial charge < -0.3 is 20.4 Å². The molecule has 1 aliphatic rings. The van der Waals surface area contributed by atoms with Gasteiger partial charge in [0.2, 0.25) is 0 Å². The van der Waals surface area contributed by atoms with Crippen LogP contribution < -0.4 is 10.2 Å². The van der Waals surface area contributed by atoms with E-state index in [1.54, 1.807) is 0 Å². The Balaban J connectivity index is 1.97. The highest BCUT2D eigenvalue weighted by molar-refractivity contribution is 5.70. The Morgan fingerprint density at radius 3 is 2.52 bits per heavy atom. The van der Waals surface area contributed by atoms with Gasteiger partial charge in [-0.2, -0.15) is 0 Å². The third-order valence-electron chi connectivity index (χ3n) is 4.17. The summed E-state index contributed by atoms with van der Waals surface area (Å²) in [5, 5.41) is 22.5. The van der Waals surface area contributed by atoms with Crippen molar-refractivity contribution in [2.45, 2.75) is 38.7 Å². The van der Waals surface area contributed by atoms with Crippen molar-refractivity contribution < 1.29 is 10.2 Å². The molecule has 1 fully saturated rings. The largest absolute Gasteiger partial charge is 0.396 e. The Bertz CT molecular complexity index is 435. The Hall–Kier alpha value is -1.26. The zero-order valence-electron chi connectivity index (χ0n) is 13.2. The molecule has 3 N–H and O–H groups in total. The zero-order chi connectivity index (χ0) is 15.3. The predicted octanol–water partition coefficient (Wildman–Crippen LogP) is 2.47. The number of para-hydroxylation sites is 2. The van der Waals surface area contributed by atoms with Crippen molar-refractivity contribution in [2.24, 2.45) is 5.92 Å². The average molecular weight is 292 g/mol. The van der Waals surface area contributed by atoms with E-state index in [1.807, 2.05) is 19.9 Å². The molecule has 1 aromatic carbocycles. The molecule has 0 amide bonds. The minimum atomic E-state index is -0.637. The molecule has 118 valence electrons. The van der Waals surface area contributed by atoms with Gasteiger partial charge in [0.05, 0.1) is 17.0 Å². The number of rotatable bonds is 6. The summed E-state index contributed by atoms with van der Waals surface area (Å²) in [6, 6.07) is 8.34. The van der Waals surface area contributed by atoms with Crippen LogP contribution in [0.3, 0.4) is 0 Å². The van der Waals surface area contributed by atoms with Crippen molar-refractivity contribution in [2.75, 3.05) is 36.5 Å². The molecule has 0 radical (unpaired) electrons. The van der Waals surface area contributed by atoms with Gasteiger partial charge in [0.1, 0.15) is 0 Å². The maximum Gasteiger partial charge on any atom is 0.0608 e. The second-order valence-corrected chi connectivity index (χ2v) is 6.62. The molecule has 0 spiro atoms. The predicted molar refractivity (Wildman–Crippen MR) is 87.9 cm³/mol. The Labute approximate surface area is 127 Å². The third kappa shape index (κ3) is 4.90. The van der Waals surface area contributed by atoms with Crippen LogP contribution in [-0.4, -0.2) is 42.1 Å². The highest BCUT2D eigenvalue weighted by Gasteiger charge is 2.20. The maximum absolute atomic E-state index is 9.80. The van der Waals surface area contributed by atoms with Crippen LogP contribution >= 0.6 is 0 Å². The van der Waals surface area contributed by atoms with E-state index in [4.69, 9.17) is 0 Å². The topological polar surface area (TPSA) is 55.7 Å². The van der Waals surface area contributed by atoms with E-state index in [2.05, 4.69) is 28.4 Å². The lowest BCUT2D eigenvalue weighted by Crippen LogP contribution is -2.35. The summed E-state index contributed by atoms with van der Waals surface area (Å²) >= 11 is 0. The molecule has 2 rings (SSSR count). The normalized spacial score (nSPS) is 17.0. The van der Waals surface area contributed by atoms with Crippen LogP contribution in [0, 0.1) is 5.92 Å². The Kier molecular flexibility index (Phi) is 5.48. The van der Waals surface area contributed by atoms with Gasteiger partial charge >= 0.3 is 0 Å². The molecule has 0 bridgehead atoms. The SMILES string of the molecule is CC(C)(O)CCNc1ccccc1N1CCC(CO)CC1. The summed E-state index contributed by atoms with van der Waals surface area (Å²) in [7, 11) is 0. The first kappa shape index (κ1) is 16.1. The zero-order valence-corrected chi connectivity index (χ0v) is 13.2. The molecule has 1 aliphatic heterocycles. The fraction of sp³-hybridized carbons (Fsp3) is 0.647. The van der Waals surface area contributed by atoms with Gasteiger partial charge in [0.15, 0.2) is 0 Å². The summed E-state index contributed by atoms with van der Waals surface area (Å²) < 4.78 is 0. The summed E-state index contributed by atoms with van der Waals surface area (Å²) in [5.74, 6) is 0.455. The highest BCUT2D eigenvalue weighted by Crippen LogP contribution is 2.29. The average Bonchev–Trinajstić information content (AvgIpc) is 2.47. The van der Waals surface area contributed by atoms with E-state index in [0.717, 1.165) is 38.2 Å². The molecule has 0 atom stereocenters. The molecule has 1 saturated heterocycles. The summed E-state index contributed by atoms with van der Waals surface area (Å²) in [6.45, 7) is 6.72. The number of nitrogens with zero attached hydrogens (tertiary/aromatic N) is 1. The fourth-order valence-electron chi connectivity index (χ4n) is 2.76. The van der Waals surface area contributed by atoms with E-state index < -0.39 is 5.60 Å². The quantitative estimate of drug-likeness (QED) is 0.754. The molecular formula is C17H28N2O2. The number of hydrogen-bond donors (Lipinski definition) is 3. The van der Waals surface area contributed by atoms with Gasteiger partial charge in [-0.05, 0) is 51.2 Å².